The number of hydrogen-bond donors (Lipinski definition) is 0. The monoisotopic (exact) mass is 1000 g/mol. The fourth-order valence-corrected chi connectivity index (χ4v) is 9.91. The third kappa shape index (κ3) is 58.9. The summed E-state index contributed by atoms with van der Waals surface area (Å²) in [6.07, 6.45) is 71.4. The van der Waals surface area contributed by atoms with Crippen molar-refractivity contribution in [3.05, 3.63) is 12.2 Å². The first-order valence-corrected chi connectivity index (χ1v) is 32.2. The highest BCUT2D eigenvalue weighted by molar-refractivity contribution is 5.71. The van der Waals surface area contributed by atoms with Crippen LogP contribution in [0.1, 0.15) is 367 Å². The maximum absolute atomic E-state index is 12.8. The van der Waals surface area contributed by atoms with E-state index in [-0.39, 0.29) is 31.1 Å². The van der Waals surface area contributed by atoms with E-state index in [1.165, 1.54) is 263 Å². The Balaban J connectivity index is 3.92. The van der Waals surface area contributed by atoms with Crippen LogP contribution in [0.15, 0.2) is 12.2 Å². The molecule has 0 aromatic heterocycles. The van der Waals surface area contributed by atoms with Crippen molar-refractivity contribution in [3.8, 4) is 0 Å². The Kier molecular flexibility index (Phi) is 59.1. The second-order valence-electron chi connectivity index (χ2n) is 22.0. The first kappa shape index (κ1) is 69.2. The van der Waals surface area contributed by atoms with Gasteiger partial charge >= 0.3 is 17.9 Å². The minimum absolute atomic E-state index is 0.0685. The van der Waals surface area contributed by atoms with Crippen LogP contribution < -0.4 is 0 Å². The molecule has 1 unspecified atom stereocenters. The van der Waals surface area contributed by atoms with Crippen LogP contribution in [0.25, 0.3) is 0 Å². The van der Waals surface area contributed by atoms with Gasteiger partial charge in [-0.2, -0.15) is 0 Å². The van der Waals surface area contributed by atoms with Crippen molar-refractivity contribution in [1.29, 1.82) is 0 Å². The highest BCUT2D eigenvalue weighted by Crippen LogP contribution is 2.18. The lowest BCUT2D eigenvalue weighted by atomic mass is 10.0. The van der Waals surface area contributed by atoms with Gasteiger partial charge in [0.25, 0.3) is 0 Å². The lowest BCUT2D eigenvalue weighted by Crippen LogP contribution is -2.30. The molecule has 0 saturated carbocycles. The van der Waals surface area contributed by atoms with Gasteiger partial charge in [-0.05, 0) is 44.9 Å². The third-order valence-corrected chi connectivity index (χ3v) is 14.8. The van der Waals surface area contributed by atoms with E-state index in [2.05, 4.69) is 32.9 Å². The number of unbranched alkanes of at least 4 members (excludes halogenated alkanes) is 47. The molecule has 0 aliphatic rings. The Morgan fingerprint density at radius 2 is 0.465 bits per heavy atom. The molecule has 0 aromatic carbocycles. The number of carbonyl (C=O) groups excluding carboxylic acids is 3. The quantitative estimate of drug-likeness (QED) is 0.0261. The molecule has 0 radical (unpaired) electrons. The summed E-state index contributed by atoms with van der Waals surface area (Å²) in [4.78, 5) is 37.9. The molecule has 0 spiro atoms. The highest BCUT2D eigenvalue weighted by atomic mass is 16.6. The molecular weight excluding hydrogens is 877 g/mol. The molecular formula is C65H124O6. The summed E-state index contributed by atoms with van der Waals surface area (Å²) in [5.74, 6) is -0.864. The van der Waals surface area contributed by atoms with Crippen molar-refractivity contribution < 1.29 is 28.6 Å². The van der Waals surface area contributed by atoms with Gasteiger partial charge in [0.1, 0.15) is 13.2 Å². The summed E-state index contributed by atoms with van der Waals surface area (Å²) in [6, 6.07) is 0. The van der Waals surface area contributed by atoms with Crippen LogP contribution in [0.2, 0.25) is 0 Å². The van der Waals surface area contributed by atoms with Crippen molar-refractivity contribution in [2.45, 2.75) is 374 Å². The van der Waals surface area contributed by atoms with E-state index < -0.39 is 6.10 Å². The molecule has 1 atom stereocenters. The molecule has 0 N–H and O–H groups in total. The van der Waals surface area contributed by atoms with Crippen molar-refractivity contribution in [2.24, 2.45) is 0 Å². The van der Waals surface area contributed by atoms with Crippen LogP contribution in [-0.4, -0.2) is 37.2 Å². The number of rotatable bonds is 60. The molecule has 6 heteroatoms. The fraction of sp³-hybridized carbons (Fsp3) is 0.923. The van der Waals surface area contributed by atoms with E-state index >= 15 is 0 Å². The van der Waals surface area contributed by atoms with Crippen LogP contribution in [0.3, 0.4) is 0 Å². The lowest BCUT2D eigenvalue weighted by molar-refractivity contribution is -0.167. The topological polar surface area (TPSA) is 78.9 Å². The Bertz CT molecular complexity index is 1100. The average Bonchev–Trinajstić information content (AvgIpc) is 3.37. The summed E-state index contributed by atoms with van der Waals surface area (Å²) in [6.45, 7) is 6.63. The number of allylic oxidation sites excluding steroid dienone is 2. The van der Waals surface area contributed by atoms with E-state index in [1.807, 2.05) is 0 Å². The number of hydrogen-bond acceptors (Lipinski definition) is 6. The lowest BCUT2D eigenvalue weighted by Gasteiger charge is -2.18. The van der Waals surface area contributed by atoms with Crippen molar-refractivity contribution >= 4 is 17.9 Å². The van der Waals surface area contributed by atoms with Crippen molar-refractivity contribution in [2.75, 3.05) is 13.2 Å². The summed E-state index contributed by atoms with van der Waals surface area (Å²) in [7, 11) is 0. The molecule has 0 aliphatic carbocycles. The Labute approximate surface area is 443 Å². The highest BCUT2D eigenvalue weighted by Gasteiger charge is 2.19. The molecule has 0 saturated heterocycles. The second-order valence-corrected chi connectivity index (χ2v) is 22.0. The van der Waals surface area contributed by atoms with Crippen LogP contribution in [0.4, 0.5) is 0 Å². The van der Waals surface area contributed by atoms with Gasteiger partial charge in [-0.25, -0.2) is 0 Å². The molecule has 0 amide bonds. The summed E-state index contributed by atoms with van der Waals surface area (Å²) in [5, 5.41) is 0. The van der Waals surface area contributed by atoms with Gasteiger partial charge in [0.05, 0.1) is 0 Å². The molecule has 6 nitrogen and oxygen atoms in total. The van der Waals surface area contributed by atoms with Crippen LogP contribution in [-0.2, 0) is 28.6 Å². The molecule has 0 fully saturated rings. The predicted octanol–water partition coefficient (Wildman–Crippen LogP) is 21.7. The fourth-order valence-electron chi connectivity index (χ4n) is 9.91. The smallest absolute Gasteiger partial charge is 0.306 e. The average molecular weight is 1000 g/mol. The molecule has 71 heavy (non-hydrogen) atoms. The van der Waals surface area contributed by atoms with E-state index in [4.69, 9.17) is 14.2 Å². The summed E-state index contributed by atoms with van der Waals surface area (Å²) < 4.78 is 16.8. The zero-order valence-electron chi connectivity index (χ0n) is 48.3. The minimum Gasteiger partial charge on any atom is -0.462 e. The largest absolute Gasteiger partial charge is 0.462 e. The molecule has 0 bridgehead atoms. The Morgan fingerprint density at radius 1 is 0.268 bits per heavy atom. The molecule has 0 aromatic rings. The van der Waals surface area contributed by atoms with Gasteiger partial charge in [0.2, 0.25) is 0 Å². The van der Waals surface area contributed by atoms with Gasteiger partial charge in [-0.1, -0.05) is 315 Å². The van der Waals surface area contributed by atoms with E-state index in [0.717, 1.165) is 64.2 Å². The molecule has 420 valence electrons. The standard InChI is InChI=1S/C65H124O6/c1-4-7-10-13-16-18-20-22-24-26-27-28-29-30-31-32-33-34-35-36-37-38-39-40-42-43-45-47-49-52-55-58-64(67)70-61-62(60-69-63(66)57-54-51-15-12-9-6-3)71-65(68)59-56-53-50-48-46-44-41-25-23-21-19-17-14-11-8-5-2/h25,41,62H,4-24,26-40,42-61H2,1-3H3/b41-25-. The first-order valence-electron chi connectivity index (χ1n) is 32.2. The normalized spacial score (nSPS) is 12.0. The zero-order valence-corrected chi connectivity index (χ0v) is 48.3. The van der Waals surface area contributed by atoms with Crippen LogP contribution in [0.5, 0.6) is 0 Å². The van der Waals surface area contributed by atoms with Gasteiger partial charge < -0.3 is 14.2 Å². The van der Waals surface area contributed by atoms with E-state index in [9.17, 15) is 14.4 Å². The Morgan fingerprint density at radius 3 is 0.704 bits per heavy atom. The third-order valence-electron chi connectivity index (χ3n) is 14.8. The maximum Gasteiger partial charge on any atom is 0.306 e. The molecule has 0 rings (SSSR count). The van der Waals surface area contributed by atoms with Gasteiger partial charge in [0, 0.05) is 19.3 Å². The Hall–Kier alpha value is -1.85. The predicted molar refractivity (Wildman–Crippen MR) is 307 cm³/mol. The van der Waals surface area contributed by atoms with Gasteiger partial charge in [-0.15, -0.1) is 0 Å². The SMILES string of the molecule is CCCCCCCCC/C=C\CCCCCCCC(=O)OC(COC(=O)CCCCCCCC)COC(=O)CCCCCCCCCCCCCCCCCCCCCCCCCCCCCCCCC. The van der Waals surface area contributed by atoms with Gasteiger partial charge in [-0.3, -0.25) is 14.4 Å². The van der Waals surface area contributed by atoms with Crippen molar-refractivity contribution in [3.63, 3.8) is 0 Å². The number of esters is 3. The van der Waals surface area contributed by atoms with Gasteiger partial charge in [0.15, 0.2) is 6.10 Å². The zero-order chi connectivity index (χ0) is 51.4. The number of ether oxygens (including phenoxy) is 3. The molecule has 0 aliphatic heterocycles. The second kappa shape index (κ2) is 60.7. The van der Waals surface area contributed by atoms with E-state index in [1.54, 1.807) is 0 Å². The van der Waals surface area contributed by atoms with Crippen LogP contribution >= 0.6 is 0 Å². The number of carbonyl (C=O) groups is 3. The minimum atomic E-state index is -0.767. The van der Waals surface area contributed by atoms with Crippen molar-refractivity contribution in [1.82, 2.24) is 0 Å². The van der Waals surface area contributed by atoms with Crippen LogP contribution in [0, 0.1) is 0 Å². The molecule has 0 heterocycles. The summed E-state index contributed by atoms with van der Waals surface area (Å²) in [5.41, 5.74) is 0. The van der Waals surface area contributed by atoms with E-state index in [0.29, 0.717) is 19.3 Å². The first-order chi connectivity index (χ1) is 35.0. The maximum atomic E-state index is 12.8. The summed E-state index contributed by atoms with van der Waals surface area (Å²) >= 11 is 0.